The summed E-state index contributed by atoms with van der Waals surface area (Å²) in [6, 6.07) is 2.84. The average molecular weight is 665 g/mol. The monoisotopic (exact) mass is 665 g/mol. The predicted molar refractivity (Wildman–Crippen MR) is 198 cm³/mol. The van der Waals surface area contributed by atoms with Gasteiger partial charge in [0, 0.05) is 11.0 Å². The fraction of sp³-hybridized carbons (Fsp3) is 0.872. The van der Waals surface area contributed by atoms with E-state index in [9.17, 15) is 0 Å². The minimum Gasteiger partial charge on any atom is -0.490 e. The molecular weight excluding hydrogens is 597 g/mol. The SMILES string of the molecule is CC(C)(C)CC(C)(C)c1c(C23CC4CC(CC(C4)C2)C3)cc(OCC2CO2)c(C23CC4CC(CC(C4)C2)C3)c1C12CC3CC(CC(C3)C1)C2. The van der Waals surface area contributed by atoms with Gasteiger partial charge in [-0.15, -0.1) is 0 Å². The van der Waals surface area contributed by atoms with Gasteiger partial charge in [0.2, 0.25) is 0 Å². The van der Waals surface area contributed by atoms with Gasteiger partial charge in [0.1, 0.15) is 18.5 Å². The molecule has 1 saturated heterocycles. The van der Waals surface area contributed by atoms with Crippen molar-refractivity contribution in [1.82, 2.24) is 0 Å². The molecule has 2 heteroatoms. The summed E-state index contributed by atoms with van der Waals surface area (Å²) in [6.07, 6.45) is 28.5. The van der Waals surface area contributed by atoms with Crippen molar-refractivity contribution < 1.29 is 9.47 Å². The van der Waals surface area contributed by atoms with Crippen molar-refractivity contribution in [3.05, 3.63) is 28.3 Å². The van der Waals surface area contributed by atoms with E-state index in [-0.39, 0.29) is 5.41 Å². The summed E-state index contributed by atoms with van der Waals surface area (Å²) < 4.78 is 13.3. The largest absolute Gasteiger partial charge is 0.490 e. The lowest BCUT2D eigenvalue weighted by atomic mass is 9.41. The van der Waals surface area contributed by atoms with Crippen LogP contribution in [-0.2, 0) is 26.4 Å². The van der Waals surface area contributed by atoms with E-state index in [0.29, 0.717) is 27.8 Å². The maximum absolute atomic E-state index is 7.40. The first-order valence-corrected chi connectivity index (χ1v) is 21.8. The standard InChI is InChI=1S/C47H68O2/c1-43(2,3)27-44(4,5)40-38(45-16-28-6-29(17-45)8-30(7-28)18-45)15-39(49-26-37-25-48-37)41(46-19-31-9-32(20-46)11-33(10-31)21-46)42(40)47-22-34-12-35(23-47)14-36(13-34)24-47/h15,28-37H,6-14,16-27H2,1-5H3. The van der Waals surface area contributed by atoms with Gasteiger partial charge in [-0.2, -0.15) is 0 Å². The topological polar surface area (TPSA) is 21.8 Å². The Kier molecular flexibility index (Phi) is 6.65. The van der Waals surface area contributed by atoms with Crippen LogP contribution in [0.2, 0.25) is 0 Å². The van der Waals surface area contributed by atoms with E-state index < -0.39 is 0 Å². The van der Waals surface area contributed by atoms with Crippen molar-refractivity contribution in [3.8, 4) is 5.75 Å². The highest BCUT2D eigenvalue weighted by Gasteiger charge is 2.61. The van der Waals surface area contributed by atoms with Gasteiger partial charge >= 0.3 is 0 Å². The number of ether oxygens (including phenoxy) is 2. The van der Waals surface area contributed by atoms with E-state index in [1.807, 2.05) is 22.3 Å². The molecule has 12 saturated carbocycles. The zero-order valence-corrected chi connectivity index (χ0v) is 32.0. The molecular formula is C47H68O2. The Balaban J connectivity index is 1.22. The molecule has 1 aromatic rings. The molecule has 1 aliphatic heterocycles. The minimum atomic E-state index is 0.144. The highest BCUT2D eigenvalue weighted by Crippen LogP contribution is 2.70. The molecule has 268 valence electrons. The van der Waals surface area contributed by atoms with Crippen molar-refractivity contribution in [2.24, 2.45) is 58.7 Å². The molecule has 13 fully saturated rings. The molecule has 12 bridgehead atoms. The summed E-state index contributed by atoms with van der Waals surface area (Å²) >= 11 is 0. The zero-order valence-electron chi connectivity index (χ0n) is 32.0. The molecule has 1 aromatic carbocycles. The van der Waals surface area contributed by atoms with Gasteiger partial charge in [-0.1, -0.05) is 34.6 Å². The van der Waals surface area contributed by atoms with Crippen LogP contribution in [-0.4, -0.2) is 19.3 Å². The fourth-order valence-electron chi connectivity index (χ4n) is 18.0. The molecule has 2 nitrogen and oxygen atoms in total. The van der Waals surface area contributed by atoms with Crippen LogP contribution in [0.25, 0.3) is 0 Å². The van der Waals surface area contributed by atoms with Crippen molar-refractivity contribution in [1.29, 1.82) is 0 Å². The van der Waals surface area contributed by atoms with Gasteiger partial charge < -0.3 is 9.47 Å². The maximum atomic E-state index is 7.40. The molecule has 14 rings (SSSR count). The quantitative estimate of drug-likeness (QED) is 0.258. The molecule has 13 aliphatic rings. The highest BCUT2D eigenvalue weighted by molar-refractivity contribution is 5.62. The van der Waals surface area contributed by atoms with Crippen LogP contribution in [0.4, 0.5) is 0 Å². The molecule has 0 spiro atoms. The Morgan fingerprint density at radius 2 is 0.939 bits per heavy atom. The Bertz CT molecular complexity index is 1410. The Morgan fingerprint density at radius 1 is 0.571 bits per heavy atom. The van der Waals surface area contributed by atoms with E-state index in [4.69, 9.17) is 9.47 Å². The van der Waals surface area contributed by atoms with Gasteiger partial charge in [-0.3, -0.25) is 0 Å². The van der Waals surface area contributed by atoms with Crippen molar-refractivity contribution >= 4 is 0 Å². The summed E-state index contributed by atoms with van der Waals surface area (Å²) in [6.45, 7) is 14.8. The third-order valence-corrected chi connectivity index (χ3v) is 17.5. The number of hydrogen-bond donors (Lipinski definition) is 0. The first-order chi connectivity index (χ1) is 23.3. The van der Waals surface area contributed by atoms with Crippen molar-refractivity contribution in [2.75, 3.05) is 13.2 Å². The first kappa shape index (κ1) is 31.5. The van der Waals surface area contributed by atoms with E-state index in [2.05, 4.69) is 40.7 Å². The highest BCUT2D eigenvalue weighted by atomic mass is 16.6. The van der Waals surface area contributed by atoms with Gasteiger partial charge in [0.05, 0.1) is 6.61 Å². The summed E-state index contributed by atoms with van der Waals surface area (Å²) in [7, 11) is 0. The number of benzene rings is 1. The van der Waals surface area contributed by atoms with Crippen LogP contribution in [0, 0.1) is 58.7 Å². The second-order valence-electron chi connectivity index (χ2n) is 23.5. The van der Waals surface area contributed by atoms with E-state index in [1.165, 1.54) is 128 Å². The fourth-order valence-corrected chi connectivity index (χ4v) is 18.0. The van der Waals surface area contributed by atoms with Crippen molar-refractivity contribution in [3.63, 3.8) is 0 Å². The van der Waals surface area contributed by atoms with Crippen LogP contribution in [0.5, 0.6) is 5.75 Å². The number of epoxide rings is 1. The van der Waals surface area contributed by atoms with E-state index >= 15 is 0 Å². The van der Waals surface area contributed by atoms with Gasteiger partial charge in [0.25, 0.3) is 0 Å². The summed E-state index contributed by atoms with van der Waals surface area (Å²) in [5, 5.41) is 0. The maximum Gasteiger partial charge on any atom is 0.123 e. The van der Waals surface area contributed by atoms with Crippen LogP contribution in [0.3, 0.4) is 0 Å². The molecule has 0 aromatic heterocycles. The Labute approximate surface area is 299 Å². The molecule has 0 amide bonds. The Morgan fingerprint density at radius 3 is 1.31 bits per heavy atom. The van der Waals surface area contributed by atoms with Gasteiger partial charge in [-0.05, 0) is 220 Å². The minimum absolute atomic E-state index is 0.144. The molecule has 49 heavy (non-hydrogen) atoms. The van der Waals surface area contributed by atoms with E-state index in [0.717, 1.165) is 66.5 Å². The molecule has 1 unspecified atom stereocenters. The van der Waals surface area contributed by atoms with Crippen molar-refractivity contribution in [2.45, 2.75) is 184 Å². The second-order valence-corrected chi connectivity index (χ2v) is 23.5. The van der Waals surface area contributed by atoms with Crippen LogP contribution in [0.1, 0.15) is 179 Å². The molecule has 0 radical (unpaired) electrons. The lowest BCUT2D eigenvalue weighted by molar-refractivity contribution is -0.0207. The second kappa shape index (κ2) is 10.3. The van der Waals surface area contributed by atoms with Crippen LogP contribution >= 0.6 is 0 Å². The Hall–Kier alpha value is -1.02. The molecule has 1 atom stereocenters. The summed E-state index contributed by atoms with van der Waals surface area (Å²) in [5.41, 5.74) is 9.07. The first-order valence-electron chi connectivity index (χ1n) is 21.8. The smallest absolute Gasteiger partial charge is 0.123 e. The van der Waals surface area contributed by atoms with Crippen LogP contribution < -0.4 is 4.74 Å². The lowest BCUT2D eigenvalue weighted by Crippen LogP contribution is -2.54. The predicted octanol–water partition coefficient (Wildman–Crippen LogP) is 11.6. The normalized spacial score (nSPS) is 48.5. The number of hydrogen-bond acceptors (Lipinski definition) is 2. The van der Waals surface area contributed by atoms with Gasteiger partial charge in [0.15, 0.2) is 0 Å². The third kappa shape index (κ3) is 4.99. The molecule has 0 N–H and O–H groups in total. The van der Waals surface area contributed by atoms with Gasteiger partial charge in [-0.25, -0.2) is 0 Å². The molecule has 1 heterocycles. The summed E-state index contributed by atoms with van der Waals surface area (Å²) in [4.78, 5) is 0. The number of rotatable bonds is 8. The summed E-state index contributed by atoms with van der Waals surface area (Å²) in [5.74, 6) is 9.99. The van der Waals surface area contributed by atoms with E-state index in [1.54, 1.807) is 0 Å². The van der Waals surface area contributed by atoms with Crippen LogP contribution in [0.15, 0.2) is 6.07 Å². The lowest BCUT2D eigenvalue weighted by Gasteiger charge is -2.63. The zero-order chi connectivity index (χ0) is 33.1. The molecule has 12 aliphatic carbocycles. The average Bonchev–Trinajstić information content (AvgIpc) is 3.81. The third-order valence-electron chi connectivity index (χ3n) is 17.5.